The van der Waals surface area contributed by atoms with Crippen molar-refractivity contribution in [1.82, 2.24) is 19.6 Å². The fourth-order valence-corrected chi connectivity index (χ4v) is 1.84. The van der Waals surface area contributed by atoms with Crippen molar-refractivity contribution in [2.75, 3.05) is 5.43 Å². The fourth-order valence-electron chi connectivity index (χ4n) is 1.84. The number of carbonyl (C=O) groups is 2. The summed E-state index contributed by atoms with van der Waals surface area (Å²) in [4.78, 5) is 32.6. The Bertz CT molecular complexity index is 648. The van der Waals surface area contributed by atoms with E-state index in [-0.39, 0.29) is 72.0 Å². The van der Waals surface area contributed by atoms with Crippen LogP contribution in [0.25, 0.3) is 0 Å². The van der Waals surface area contributed by atoms with Crippen LogP contribution in [0.5, 0.6) is 0 Å². The van der Waals surface area contributed by atoms with Gasteiger partial charge in [-0.05, 0) is 0 Å². The van der Waals surface area contributed by atoms with Crippen molar-refractivity contribution in [3.8, 4) is 0 Å². The standard InChI is InChI=1S/C12H16N6O4.2Na.2H/c13-9(11(19)20)1-8-4-18(6-16-8)17-10(12(21)22)2-7-3-14-5-15-7;;;;/h3-6,9-10,17H,1-2,13H2,(H,14,15)(H,19,20)(H,21,22);;;;/t9-,10-;;;;/m0..../s1. The van der Waals surface area contributed by atoms with Crippen LogP contribution in [0.3, 0.4) is 0 Å². The summed E-state index contributed by atoms with van der Waals surface area (Å²) in [7, 11) is 0. The number of aromatic nitrogens is 4. The van der Waals surface area contributed by atoms with Gasteiger partial charge in [0.15, 0.2) is 0 Å². The Morgan fingerprint density at radius 1 is 1.29 bits per heavy atom. The Balaban J connectivity index is 0.00000264. The van der Waals surface area contributed by atoms with Crippen LogP contribution in [0.1, 0.15) is 11.4 Å². The Hall–Kier alpha value is -0.880. The molecule has 0 unspecified atom stereocenters. The molecule has 0 saturated heterocycles. The van der Waals surface area contributed by atoms with E-state index in [2.05, 4.69) is 20.4 Å². The molecule has 24 heavy (non-hydrogen) atoms. The molecule has 2 atom stereocenters. The molecule has 2 rings (SSSR count). The van der Waals surface area contributed by atoms with Gasteiger partial charge in [-0.25, -0.2) is 14.8 Å². The van der Waals surface area contributed by atoms with Gasteiger partial charge in [-0.2, -0.15) is 0 Å². The molecule has 0 fully saturated rings. The Labute approximate surface area is 181 Å². The van der Waals surface area contributed by atoms with Crippen LogP contribution < -0.4 is 11.2 Å². The van der Waals surface area contributed by atoms with Gasteiger partial charge in [0.2, 0.25) is 0 Å². The second-order valence-electron chi connectivity index (χ2n) is 4.72. The summed E-state index contributed by atoms with van der Waals surface area (Å²) in [5, 5.41) is 18.0. The van der Waals surface area contributed by atoms with Crippen LogP contribution >= 0.6 is 0 Å². The van der Waals surface area contributed by atoms with E-state index in [1.807, 2.05) is 0 Å². The van der Waals surface area contributed by atoms with E-state index >= 15 is 0 Å². The average molecular weight is 356 g/mol. The van der Waals surface area contributed by atoms with Crippen LogP contribution in [0.15, 0.2) is 25.0 Å². The van der Waals surface area contributed by atoms with Gasteiger partial charge in [-0.1, -0.05) is 0 Å². The second kappa shape index (κ2) is 10.9. The number of carboxylic acids is 2. The summed E-state index contributed by atoms with van der Waals surface area (Å²) in [6.45, 7) is 0. The first-order chi connectivity index (χ1) is 10.5. The summed E-state index contributed by atoms with van der Waals surface area (Å²) in [5.41, 5.74) is 9.31. The number of aromatic amines is 1. The van der Waals surface area contributed by atoms with Crippen molar-refractivity contribution >= 4 is 71.1 Å². The first-order valence-corrected chi connectivity index (χ1v) is 6.43. The van der Waals surface area contributed by atoms with Crippen LogP contribution in [0.4, 0.5) is 0 Å². The summed E-state index contributed by atoms with van der Waals surface area (Å²) >= 11 is 0. The van der Waals surface area contributed by atoms with Gasteiger partial charge in [0.25, 0.3) is 0 Å². The normalized spacial score (nSPS) is 12.4. The predicted octanol–water partition coefficient (Wildman–Crippen LogP) is -2.50. The maximum absolute atomic E-state index is 11.3. The quantitative estimate of drug-likeness (QED) is 0.325. The molecular weight excluding hydrogens is 338 g/mol. The molecule has 2 heterocycles. The van der Waals surface area contributed by atoms with Crippen LogP contribution in [-0.2, 0) is 22.4 Å². The Morgan fingerprint density at radius 2 is 2.00 bits per heavy atom. The molecule has 0 bridgehead atoms. The zero-order chi connectivity index (χ0) is 16.1. The number of hydrogen-bond donors (Lipinski definition) is 5. The molecule has 0 aliphatic rings. The molecule has 0 aliphatic heterocycles. The molecular formula is C12H18N6Na2O4. The number of imidazole rings is 2. The van der Waals surface area contributed by atoms with Gasteiger partial charge in [0, 0.05) is 30.9 Å². The van der Waals surface area contributed by atoms with E-state index in [0.29, 0.717) is 11.4 Å². The molecule has 10 nitrogen and oxygen atoms in total. The number of H-pyrrole nitrogens is 1. The van der Waals surface area contributed by atoms with Gasteiger partial charge in [-0.15, -0.1) is 0 Å². The molecule has 12 heteroatoms. The summed E-state index contributed by atoms with van der Waals surface area (Å²) < 4.78 is 1.37. The average Bonchev–Trinajstić information content (AvgIpc) is 3.10. The topological polar surface area (TPSA) is 159 Å². The van der Waals surface area contributed by atoms with E-state index in [9.17, 15) is 14.7 Å². The number of carboxylic acid groups (broad SMARTS) is 2. The molecule has 0 aromatic carbocycles. The van der Waals surface area contributed by atoms with E-state index in [1.54, 1.807) is 6.20 Å². The molecule has 2 aromatic heterocycles. The summed E-state index contributed by atoms with van der Waals surface area (Å²) in [6, 6.07) is -1.95. The number of nitrogens with zero attached hydrogens (tertiary/aromatic N) is 3. The third-order valence-corrected chi connectivity index (χ3v) is 2.96. The molecule has 2 aromatic rings. The van der Waals surface area contributed by atoms with E-state index in [4.69, 9.17) is 10.8 Å². The van der Waals surface area contributed by atoms with Crippen molar-refractivity contribution in [2.24, 2.45) is 5.73 Å². The fraction of sp³-hybridized carbons (Fsp3) is 0.333. The molecule has 0 spiro atoms. The van der Waals surface area contributed by atoms with Gasteiger partial charge in [-0.3, -0.25) is 9.47 Å². The predicted molar refractivity (Wildman–Crippen MR) is 88.9 cm³/mol. The zero-order valence-corrected chi connectivity index (χ0v) is 11.5. The van der Waals surface area contributed by atoms with Gasteiger partial charge in [0.1, 0.15) is 18.4 Å². The van der Waals surface area contributed by atoms with Gasteiger partial charge >= 0.3 is 71.1 Å². The number of aliphatic carboxylic acids is 2. The van der Waals surface area contributed by atoms with Crippen molar-refractivity contribution in [3.63, 3.8) is 0 Å². The minimum absolute atomic E-state index is 0. The number of rotatable bonds is 8. The first-order valence-electron chi connectivity index (χ1n) is 6.43. The summed E-state index contributed by atoms with van der Waals surface area (Å²) in [6.07, 6.45) is 6.15. The SMILES string of the molecule is N[C@@H](Cc1cn(N[C@@H](Cc2cnc[nH]2)C(=O)O)cn1)C(=O)O.[NaH].[NaH]. The molecule has 0 saturated carbocycles. The third-order valence-electron chi connectivity index (χ3n) is 2.96. The number of hydrogen-bond acceptors (Lipinski definition) is 6. The monoisotopic (exact) mass is 356 g/mol. The maximum atomic E-state index is 11.3. The van der Waals surface area contributed by atoms with Gasteiger partial charge < -0.3 is 26.4 Å². The van der Waals surface area contributed by atoms with E-state index in [0.717, 1.165) is 0 Å². The Kier molecular flexibility index (Phi) is 10.5. The van der Waals surface area contributed by atoms with Gasteiger partial charge in [0.05, 0.1) is 12.0 Å². The molecule has 122 valence electrons. The van der Waals surface area contributed by atoms with Crippen LogP contribution in [-0.4, -0.2) is 113 Å². The van der Waals surface area contributed by atoms with Crippen LogP contribution in [0.2, 0.25) is 0 Å². The van der Waals surface area contributed by atoms with Crippen molar-refractivity contribution < 1.29 is 19.8 Å². The van der Waals surface area contributed by atoms with E-state index < -0.39 is 24.0 Å². The van der Waals surface area contributed by atoms with Crippen molar-refractivity contribution in [1.29, 1.82) is 0 Å². The summed E-state index contributed by atoms with van der Waals surface area (Å²) in [5.74, 6) is -2.16. The second-order valence-corrected chi connectivity index (χ2v) is 4.72. The van der Waals surface area contributed by atoms with Crippen molar-refractivity contribution in [3.05, 3.63) is 36.4 Å². The molecule has 0 aliphatic carbocycles. The molecule has 0 radical (unpaired) electrons. The Morgan fingerprint density at radius 3 is 2.54 bits per heavy atom. The zero-order valence-electron chi connectivity index (χ0n) is 11.5. The van der Waals surface area contributed by atoms with Crippen molar-refractivity contribution in [2.45, 2.75) is 24.9 Å². The number of nitrogens with two attached hydrogens (primary N) is 1. The molecule has 0 amide bonds. The minimum atomic E-state index is -1.12. The molecule has 6 N–H and O–H groups in total. The number of nitrogens with one attached hydrogen (secondary N) is 2. The third kappa shape index (κ3) is 6.93. The van der Waals surface area contributed by atoms with E-state index in [1.165, 1.54) is 23.5 Å². The van der Waals surface area contributed by atoms with Crippen LogP contribution in [0, 0.1) is 0 Å². The first kappa shape index (κ1) is 23.1.